The molecule has 2 aromatic carbocycles. The minimum Gasteiger partial charge on any atom is -0.496 e. The molecule has 3 rings (SSSR count). The van der Waals surface area contributed by atoms with E-state index >= 15 is 0 Å². The van der Waals surface area contributed by atoms with Crippen LogP contribution in [-0.4, -0.2) is 18.0 Å². The van der Waals surface area contributed by atoms with Gasteiger partial charge >= 0.3 is 6.18 Å². The van der Waals surface area contributed by atoms with Crippen LogP contribution in [0.4, 0.5) is 18.3 Å². The maximum absolute atomic E-state index is 12.6. The molecule has 0 saturated heterocycles. The largest absolute Gasteiger partial charge is 0.496 e. The van der Waals surface area contributed by atoms with Crippen molar-refractivity contribution in [2.45, 2.75) is 6.18 Å². The van der Waals surface area contributed by atoms with Gasteiger partial charge in [0.1, 0.15) is 5.75 Å². The Hall–Kier alpha value is -2.87. The normalized spacial score (nSPS) is 11.2. The van der Waals surface area contributed by atoms with Crippen LogP contribution in [0.5, 0.6) is 5.75 Å². The summed E-state index contributed by atoms with van der Waals surface area (Å²) in [5.41, 5.74) is 0.586. The summed E-state index contributed by atoms with van der Waals surface area (Å²) in [6.07, 6.45) is -4.55. The van der Waals surface area contributed by atoms with Crippen LogP contribution in [0.2, 0.25) is 0 Å². The number of hydrogen-bond acceptors (Lipinski definition) is 4. The first-order chi connectivity index (χ1) is 12.4. The number of nitrogens with one attached hydrogen (secondary N) is 1. The highest BCUT2D eigenvalue weighted by Crippen LogP contribution is 2.34. The van der Waals surface area contributed by atoms with Crippen molar-refractivity contribution in [2.24, 2.45) is 0 Å². The lowest BCUT2D eigenvalue weighted by atomic mass is 9.98. The number of methoxy groups -OCH3 is 1. The van der Waals surface area contributed by atoms with Crippen LogP contribution in [0.15, 0.2) is 53.9 Å². The summed E-state index contributed by atoms with van der Waals surface area (Å²) in [5.74, 6) is 0.0379. The number of thiazole rings is 1. The molecule has 0 bridgehead atoms. The number of carbonyl (C=O) groups excluding carboxylic acids is 1. The van der Waals surface area contributed by atoms with Gasteiger partial charge in [0.2, 0.25) is 0 Å². The van der Waals surface area contributed by atoms with Gasteiger partial charge in [-0.15, -0.1) is 11.3 Å². The fourth-order valence-corrected chi connectivity index (χ4v) is 3.12. The summed E-state index contributed by atoms with van der Waals surface area (Å²) >= 11 is 0.721. The van der Waals surface area contributed by atoms with E-state index in [1.54, 1.807) is 42.5 Å². The second kappa shape index (κ2) is 7.17. The predicted molar refractivity (Wildman–Crippen MR) is 93.5 cm³/mol. The predicted octanol–water partition coefficient (Wildman–Crippen LogP) is 5.09. The molecule has 0 aliphatic rings. The Kier molecular flexibility index (Phi) is 4.94. The van der Waals surface area contributed by atoms with Crippen molar-refractivity contribution in [2.75, 3.05) is 12.4 Å². The Morgan fingerprint density at radius 2 is 1.73 bits per heavy atom. The molecular weight excluding hydrogens is 365 g/mol. The van der Waals surface area contributed by atoms with E-state index in [0.29, 0.717) is 22.4 Å². The molecule has 0 radical (unpaired) electrons. The number of aromatic nitrogens is 1. The second-order valence-corrected chi connectivity index (χ2v) is 6.09. The van der Waals surface area contributed by atoms with Gasteiger partial charge in [0.05, 0.1) is 7.11 Å². The first-order valence-corrected chi connectivity index (χ1v) is 8.34. The molecular formula is C18H13F3N2O2S. The van der Waals surface area contributed by atoms with E-state index in [0.717, 1.165) is 16.7 Å². The molecule has 0 saturated carbocycles. The molecule has 1 aromatic heterocycles. The molecule has 1 heterocycles. The van der Waals surface area contributed by atoms with Gasteiger partial charge in [-0.1, -0.05) is 36.4 Å². The van der Waals surface area contributed by atoms with E-state index < -0.39 is 17.8 Å². The zero-order chi connectivity index (χ0) is 18.7. The summed E-state index contributed by atoms with van der Waals surface area (Å²) in [4.78, 5) is 16.0. The summed E-state index contributed by atoms with van der Waals surface area (Å²) < 4.78 is 43.3. The van der Waals surface area contributed by atoms with E-state index in [4.69, 9.17) is 4.74 Å². The van der Waals surface area contributed by atoms with E-state index in [1.165, 1.54) is 7.11 Å². The SMILES string of the molecule is COc1ccccc1-c1ccccc1C(=O)Nc1nc(C(F)(F)F)cs1. The van der Waals surface area contributed by atoms with Crippen LogP contribution in [-0.2, 0) is 6.18 Å². The zero-order valence-corrected chi connectivity index (χ0v) is 14.3. The molecule has 26 heavy (non-hydrogen) atoms. The van der Waals surface area contributed by atoms with Gasteiger partial charge in [-0.2, -0.15) is 13.2 Å². The van der Waals surface area contributed by atoms with Gasteiger partial charge in [0.15, 0.2) is 10.8 Å². The van der Waals surface area contributed by atoms with Crippen molar-refractivity contribution >= 4 is 22.4 Å². The van der Waals surface area contributed by atoms with Gasteiger partial charge < -0.3 is 4.74 Å². The van der Waals surface area contributed by atoms with E-state index in [1.807, 2.05) is 6.07 Å². The van der Waals surface area contributed by atoms with Crippen molar-refractivity contribution < 1.29 is 22.7 Å². The first kappa shape index (κ1) is 17.9. The third-order valence-corrected chi connectivity index (χ3v) is 4.34. The summed E-state index contributed by atoms with van der Waals surface area (Å²) in [7, 11) is 1.52. The van der Waals surface area contributed by atoms with Gasteiger partial charge in [0, 0.05) is 16.5 Å². The molecule has 4 nitrogen and oxygen atoms in total. The van der Waals surface area contributed by atoms with Crippen molar-refractivity contribution in [3.05, 3.63) is 65.2 Å². The molecule has 1 amide bonds. The first-order valence-electron chi connectivity index (χ1n) is 7.46. The molecule has 0 aliphatic carbocycles. The molecule has 8 heteroatoms. The molecule has 0 aliphatic heterocycles. The third kappa shape index (κ3) is 3.70. The van der Waals surface area contributed by atoms with E-state index in [2.05, 4.69) is 10.3 Å². The number of benzene rings is 2. The lowest BCUT2D eigenvalue weighted by Crippen LogP contribution is -2.14. The maximum atomic E-state index is 12.6. The van der Waals surface area contributed by atoms with Crippen molar-refractivity contribution in [1.82, 2.24) is 4.98 Å². The number of amides is 1. The topological polar surface area (TPSA) is 51.2 Å². The van der Waals surface area contributed by atoms with Crippen molar-refractivity contribution in [3.63, 3.8) is 0 Å². The van der Waals surface area contributed by atoms with Crippen LogP contribution < -0.4 is 10.1 Å². The Labute approximate surface area is 151 Å². The lowest BCUT2D eigenvalue weighted by Gasteiger charge is -2.12. The van der Waals surface area contributed by atoms with Gasteiger partial charge in [-0.3, -0.25) is 10.1 Å². The number of anilines is 1. The second-order valence-electron chi connectivity index (χ2n) is 5.24. The number of alkyl halides is 3. The lowest BCUT2D eigenvalue weighted by molar-refractivity contribution is -0.140. The monoisotopic (exact) mass is 378 g/mol. The molecule has 0 unspecified atom stereocenters. The Balaban J connectivity index is 1.93. The van der Waals surface area contributed by atoms with Crippen LogP contribution >= 0.6 is 11.3 Å². The standard InChI is InChI=1S/C18H13F3N2O2S/c1-25-14-9-5-4-7-12(14)11-6-2-3-8-13(11)16(24)23-17-22-15(10-26-17)18(19,20)21/h2-10H,1H3,(H,22,23,24). The number of nitrogens with zero attached hydrogens (tertiary/aromatic N) is 1. The van der Waals surface area contributed by atoms with Crippen molar-refractivity contribution in [1.29, 1.82) is 0 Å². The number of carbonyl (C=O) groups is 1. The fourth-order valence-electron chi connectivity index (χ4n) is 2.41. The number of rotatable bonds is 4. The smallest absolute Gasteiger partial charge is 0.434 e. The molecule has 3 aromatic rings. The number of halogens is 3. The average molecular weight is 378 g/mol. The molecule has 0 spiro atoms. The Morgan fingerprint density at radius 1 is 1.08 bits per heavy atom. The summed E-state index contributed by atoms with van der Waals surface area (Å²) in [5, 5.41) is 3.18. The van der Waals surface area contributed by atoms with Gasteiger partial charge in [0.25, 0.3) is 5.91 Å². The van der Waals surface area contributed by atoms with E-state index in [-0.39, 0.29) is 5.13 Å². The zero-order valence-electron chi connectivity index (χ0n) is 13.5. The molecule has 134 valence electrons. The Bertz CT molecular complexity index is 938. The highest BCUT2D eigenvalue weighted by Gasteiger charge is 2.34. The summed E-state index contributed by atoms with van der Waals surface area (Å²) in [6, 6.07) is 14.0. The quantitative estimate of drug-likeness (QED) is 0.688. The number of hydrogen-bond donors (Lipinski definition) is 1. The number of ether oxygens (including phenoxy) is 1. The van der Waals surface area contributed by atoms with Crippen molar-refractivity contribution in [3.8, 4) is 16.9 Å². The van der Waals surface area contributed by atoms with Gasteiger partial charge in [-0.25, -0.2) is 4.98 Å². The molecule has 0 atom stereocenters. The maximum Gasteiger partial charge on any atom is 0.434 e. The van der Waals surface area contributed by atoms with Gasteiger partial charge in [-0.05, 0) is 17.7 Å². The highest BCUT2D eigenvalue weighted by atomic mass is 32.1. The minimum atomic E-state index is -4.55. The highest BCUT2D eigenvalue weighted by molar-refractivity contribution is 7.14. The average Bonchev–Trinajstić information content (AvgIpc) is 3.10. The van der Waals surface area contributed by atoms with Crippen LogP contribution in [0.3, 0.4) is 0 Å². The Morgan fingerprint density at radius 3 is 2.38 bits per heavy atom. The molecule has 1 N–H and O–H groups in total. The molecule has 0 fully saturated rings. The fraction of sp³-hybridized carbons (Fsp3) is 0.111. The van der Waals surface area contributed by atoms with E-state index in [9.17, 15) is 18.0 Å². The van der Waals surface area contributed by atoms with Crippen LogP contribution in [0.1, 0.15) is 16.1 Å². The number of para-hydroxylation sites is 1. The summed E-state index contributed by atoms with van der Waals surface area (Å²) in [6.45, 7) is 0. The van der Waals surface area contributed by atoms with Crippen LogP contribution in [0, 0.1) is 0 Å². The van der Waals surface area contributed by atoms with Crippen LogP contribution in [0.25, 0.3) is 11.1 Å². The minimum absolute atomic E-state index is 0.114. The third-order valence-electron chi connectivity index (χ3n) is 3.58.